The van der Waals surface area contributed by atoms with Gasteiger partial charge in [-0.2, -0.15) is 0 Å². The topological polar surface area (TPSA) is 64.8 Å². The molecule has 0 aromatic heterocycles. The highest BCUT2D eigenvalue weighted by molar-refractivity contribution is 9.10. The Labute approximate surface area is 190 Å². The number of hydrogen-bond acceptors (Lipinski definition) is 5. The Morgan fingerprint density at radius 3 is 1.77 bits per heavy atom. The van der Waals surface area contributed by atoms with Gasteiger partial charge in [0.15, 0.2) is 0 Å². The summed E-state index contributed by atoms with van der Waals surface area (Å²) in [6.45, 7) is 2.95. The number of nitro groups is 1. The van der Waals surface area contributed by atoms with Gasteiger partial charge < -0.3 is 14.4 Å². The van der Waals surface area contributed by atoms with E-state index in [1.807, 2.05) is 72.5 Å². The SMILES string of the molecule is CCc1cc(Br)cc(N(Cc2ccc(OC)cc2)Cc2ccc(OC)cc2)c1[N+](=O)[O-]. The molecule has 0 saturated heterocycles. The first kappa shape index (κ1) is 22.6. The fraction of sp³-hybridized carbons (Fsp3) is 0.250. The highest BCUT2D eigenvalue weighted by atomic mass is 79.9. The van der Waals surface area contributed by atoms with Gasteiger partial charge in [-0.3, -0.25) is 10.1 Å². The Hall–Kier alpha value is -3.06. The van der Waals surface area contributed by atoms with Crippen molar-refractivity contribution in [1.82, 2.24) is 0 Å². The van der Waals surface area contributed by atoms with Crippen molar-refractivity contribution < 1.29 is 14.4 Å². The lowest BCUT2D eigenvalue weighted by molar-refractivity contribution is -0.384. The second-order valence-electron chi connectivity index (χ2n) is 7.10. The lowest BCUT2D eigenvalue weighted by Crippen LogP contribution is -2.23. The van der Waals surface area contributed by atoms with Gasteiger partial charge in [0.25, 0.3) is 5.69 Å². The van der Waals surface area contributed by atoms with Gasteiger partial charge in [-0.15, -0.1) is 0 Å². The van der Waals surface area contributed by atoms with Crippen LogP contribution in [0.1, 0.15) is 23.6 Å². The lowest BCUT2D eigenvalue weighted by Gasteiger charge is -2.26. The molecule has 0 spiro atoms. The van der Waals surface area contributed by atoms with Crippen LogP contribution in [-0.2, 0) is 19.5 Å². The second kappa shape index (κ2) is 10.3. The van der Waals surface area contributed by atoms with Crippen LogP contribution in [0.4, 0.5) is 11.4 Å². The van der Waals surface area contributed by atoms with Crippen LogP contribution >= 0.6 is 15.9 Å². The molecule has 6 nitrogen and oxygen atoms in total. The van der Waals surface area contributed by atoms with Crippen molar-refractivity contribution in [3.05, 3.63) is 91.9 Å². The van der Waals surface area contributed by atoms with Gasteiger partial charge in [0.05, 0.1) is 19.1 Å². The summed E-state index contributed by atoms with van der Waals surface area (Å²) in [5.41, 5.74) is 3.49. The molecule has 0 bridgehead atoms. The minimum Gasteiger partial charge on any atom is -0.497 e. The van der Waals surface area contributed by atoms with E-state index in [1.54, 1.807) is 14.2 Å². The number of halogens is 1. The zero-order chi connectivity index (χ0) is 22.4. The van der Waals surface area contributed by atoms with Crippen LogP contribution < -0.4 is 14.4 Å². The molecule has 31 heavy (non-hydrogen) atoms. The average molecular weight is 485 g/mol. The number of methoxy groups -OCH3 is 2. The van der Waals surface area contributed by atoms with Crippen molar-refractivity contribution in [3.8, 4) is 11.5 Å². The average Bonchev–Trinajstić information content (AvgIpc) is 2.78. The van der Waals surface area contributed by atoms with Gasteiger partial charge in [-0.25, -0.2) is 0 Å². The van der Waals surface area contributed by atoms with Crippen LogP contribution in [-0.4, -0.2) is 19.1 Å². The summed E-state index contributed by atoms with van der Waals surface area (Å²) in [6, 6.07) is 19.1. The van der Waals surface area contributed by atoms with E-state index in [2.05, 4.69) is 15.9 Å². The second-order valence-corrected chi connectivity index (χ2v) is 8.01. The molecule has 0 heterocycles. The van der Waals surface area contributed by atoms with E-state index in [-0.39, 0.29) is 10.6 Å². The molecule has 0 aliphatic carbocycles. The first-order valence-electron chi connectivity index (χ1n) is 9.92. The van der Waals surface area contributed by atoms with Crippen molar-refractivity contribution in [1.29, 1.82) is 0 Å². The van der Waals surface area contributed by atoms with Crippen LogP contribution in [0.5, 0.6) is 11.5 Å². The Balaban J connectivity index is 2.05. The number of benzene rings is 3. The summed E-state index contributed by atoms with van der Waals surface area (Å²) in [4.78, 5) is 13.8. The molecule has 3 rings (SSSR count). The third-order valence-corrected chi connectivity index (χ3v) is 5.56. The van der Waals surface area contributed by atoms with Gasteiger partial charge in [-0.05, 0) is 53.9 Å². The Kier molecular flexibility index (Phi) is 7.52. The summed E-state index contributed by atoms with van der Waals surface area (Å²) in [5.74, 6) is 1.54. The van der Waals surface area contributed by atoms with E-state index in [9.17, 15) is 10.1 Å². The van der Waals surface area contributed by atoms with Crippen molar-refractivity contribution in [2.24, 2.45) is 0 Å². The van der Waals surface area contributed by atoms with E-state index >= 15 is 0 Å². The standard InChI is InChI=1S/C24H25BrN2O4/c1-4-19-13-20(25)14-23(24(19)27(28)29)26(15-17-5-9-21(30-2)10-6-17)16-18-7-11-22(31-3)12-8-18/h5-14H,4,15-16H2,1-3H3. The number of aryl methyl sites for hydroxylation is 1. The van der Waals surface area contributed by atoms with Gasteiger partial charge in [0.1, 0.15) is 17.2 Å². The fourth-order valence-corrected chi connectivity index (χ4v) is 3.98. The maximum absolute atomic E-state index is 12.0. The first-order valence-corrected chi connectivity index (χ1v) is 10.7. The highest BCUT2D eigenvalue weighted by Crippen LogP contribution is 2.37. The molecule has 0 fully saturated rings. The Bertz CT molecular complexity index is 987. The van der Waals surface area contributed by atoms with Gasteiger partial charge >= 0.3 is 0 Å². The molecular formula is C24H25BrN2O4. The third-order valence-electron chi connectivity index (χ3n) is 5.10. The number of rotatable bonds is 9. The molecule has 0 unspecified atom stereocenters. The van der Waals surface area contributed by atoms with E-state index in [1.165, 1.54) is 0 Å². The molecular weight excluding hydrogens is 460 g/mol. The molecule has 0 aliphatic heterocycles. The summed E-state index contributed by atoms with van der Waals surface area (Å²) >= 11 is 3.53. The number of hydrogen-bond donors (Lipinski definition) is 0. The van der Waals surface area contributed by atoms with Crippen molar-refractivity contribution >= 4 is 27.3 Å². The summed E-state index contributed by atoms with van der Waals surface area (Å²) in [6.07, 6.45) is 0.571. The van der Waals surface area contributed by atoms with E-state index < -0.39 is 0 Å². The quantitative estimate of drug-likeness (QED) is 0.269. The van der Waals surface area contributed by atoms with E-state index in [0.29, 0.717) is 30.8 Å². The Morgan fingerprint density at radius 2 is 1.39 bits per heavy atom. The smallest absolute Gasteiger partial charge is 0.295 e. The number of ether oxygens (including phenoxy) is 2. The van der Waals surface area contributed by atoms with E-state index in [0.717, 1.165) is 27.1 Å². The summed E-state index contributed by atoms with van der Waals surface area (Å²) in [7, 11) is 3.25. The molecule has 0 atom stereocenters. The minimum atomic E-state index is -0.282. The molecule has 0 radical (unpaired) electrons. The van der Waals surface area contributed by atoms with Gasteiger partial charge in [0.2, 0.25) is 0 Å². The predicted molar refractivity (Wildman–Crippen MR) is 126 cm³/mol. The van der Waals surface area contributed by atoms with Crippen molar-refractivity contribution in [2.75, 3.05) is 19.1 Å². The zero-order valence-corrected chi connectivity index (χ0v) is 19.4. The number of nitrogens with zero attached hydrogens (tertiary/aromatic N) is 2. The minimum absolute atomic E-state index is 0.146. The summed E-state index contributed by atoms with van der Waals surface area (Å²) in [5, 5.41) is 12.0. The molecule has 0 saturated carbocycles. The van der Waals surface area contributed by atoms with Gasteiger partial charge in [-0.1, -0.05) is 47.1 Å². The number of anilines is 1. The normalized spacial score (nSPS) is 10.6. The van der Waals surface area contributed by atoms with Crippen LogP contribution in [0.3, 0.4) is 0 Å². The largest absolute Gasteiger partial charge is 0.497 e. The molecule has 162 valence electrons. The maximum atomic E-state index is 12.0. The van der Waals surface area contributed by atoms with Crippen LogP contribution in [0.25, 0.3) is 0 Å². The van der Waals surface area contributed by atoms with Gasteiger partial charge in [0, 0.05) is 23.1 Å². The zero-order valence-electron chi connectivity index (χ0n) is 17.8. The predicted octanol–water partition coefficient (Wildman–Crippen LogP) is 6.14. The number of nitro benzene ring substituents is 1. The van der Waals surface area contributed by atoms with E-state index in [4.69, 9.17) is 9.47 Å². The van der Waals surface area contributed by atoms with Crippen LogP contribution in [0.15, 0.2) is 65.1 Å². The first-order chi connectivity index (χ1) is 14.9. The van der Waals surface area contributed by atoms with Crippen molar-refractivity contribution in [3.63, 3.8) is 0 Å². The molecule has 3 aromatic carbocycles. The molecule has 0 N–H and O–H groups in total. The lowest BCUT2D eigenvalue weighted by atomic mass is 10.1. The highest BCUT2D eigenvalue weighted by Gasteiger charge is 2.25. The Morgan fingerprint density at radius 1 is 0.903 bits per heavy atom. The fourth-order valence-electron chi connectivity index (χ4n) is 3.49. The molecule has 0 aliphatic rings. The van der Waals surface area contributed by atoms with Crippen molar-refractivity contribution in [2.45, 2.75) is 26.4 Å². The molecule has 3 aromatic rings. The third kappa shape index (κ3) is 5.55. The van der Waals surface area contributed by atoms with Crippen LogP contribution in [0.2, 0.25) is 0 Å². The maximum Gasteiger partial charge on any atom is 0.295 e. The molecule has 0 amide bonds. The summed E-state index contributed by atoms with van der Waals surface area (Å²) < 4.78 is 11.3. The van der Waals surface area contributed by atoms with Crippen LogP contribution in [0, 0.1) is 10.1 Å². The molecule has 7 heteroatoms. The monoisotopic (exact) mass is 484 g/mol.